The number of alkyl halides is 3. The second kappa shape index (κ2) is 6.25. The molecule has 1 rings (SSSR count). The quantitative estimate of drug-likeness (QED) is 0.441. The topological polar surface area (TPSA) is 107 Å². The molecule has 0 saturated heterocycles. The number of benzene rings is 1. The van der Waals surface area contributed by atoms with Gasteiger partial charge in [0.05, 0.1) is 5.69 Å². The van der Waals surface area contributed by atoms with Gasteiger partial charge in [0.1, 0.15) is 11.8 Å². The van der Waals surface area contributed by atoms with Gasteiger partial charge in [-0.2, -0.15) is 10.4 Å². The molecule has 4 N–H and O–H groups in total. The third kappa shape index (κ3) is 4.77. The molecule has 20 heavy (non-hydrogen) atoms. The number of nitrogens with zero attached hydrogens (tertiary/aromatic N) is 2. The van der Waals surface area contributed by atoms with Crippen LogP contribution in [0.5, 0.6) is 5.75 Å². The SMILES string of the molecule is N#C/C(=N\Nc1ccc(OC(F)(F)F)cc1Br)C(=N)N. The summed E-state index contributed by atoms with van der Waals surface area (Å²) in [7, 11) is 0. The fourth-order valence-corrected chi connectivity index (χ4v) is 1.49. The summed E-state index contributed by atoms with van der Waals surface area (Å²) in [5.41, 5.74) is 7.39. The van der Waals surface area contributed by atoms with E-state index in [2.05, 4.69) is 31.2 Å². The number of hydrogen-bond acceptors (Lipinski definition) is 5. The summed E-state index contributed by atoms with van der Waals surface area (Å²) in [5, 5.41) is 19.2. The lowest BCUT2D eigenvalue weighted by Crippen LogP contribution is -2.21. The summed E-state index contributed by atoms with van der Waals surface area (Å²) in [5.74, 6) is -0.945. The number of hydrazone groups is 1. The highest BCUT2D eigenvalue weighted by molar-refractivity contribution is 9.10. The lowest BCUT2D eigenvalue weighted by atomic mass is 10.3. The van der Waals surface area contributed by atoms with Crippen LogP contribution in [0.3, 0.4) is 0 Å². The third-order valence-electron chi connectivity index (χ3n) is 1.82. The second-order valence-electron chi connectivity index (χ2n) is 3.29. The highest BCUT2D eigenvalue weighted by Gasteiger charge is 2.31. The van der Waals surface area contributed by atoms with Gasteiger partial charge in [0.2, 0.25) is 5.71 Å². The molecular weight excluding hydrogens is 343 g/mol. The Morgan fingerprint density at radius 3 is 2.60 bits per heavy atom. The molecule has 0 saturated carbocycles. The van der Waals surface area contributed by atoms with Crippen LogP contribution in [0, 0.1) is 16.7 Å². The Hall–Kier alpha value is -2.28. The lowest BCUT2D eigenvalue weighted by molar-refractivity contribution is -0.274. The highest BCUT2D eigenvalue weighted by atomic mass is 79.9. The fourth-order valence-electron chi connectivity index (χ4n) is 1.05. The van der Waals surface area contributed by atoms with Crippen molar-refractivity contribution in [3.05, 3.63) is 22.7 Å². The average Bonchev–Trinajstić information content (AvgIpc) is 2.29. The van der Waals surface area contributed by atoms with Crippen LogP contribution in [0.4, 0.5) is 18.9 Å². The Morgan fingerprint density at radius 2 is 2.15 bits per heavy atom. The van der Waals surface area contributed by atoms with E-state index in [1.54, 1.807) is 6.07 Å². The molecule has 106 valence electrons. The number of rotatable bonds is 4. The molecule has 0 aliphatic rings. The van der Waals surface area contributed by atoms with Crippen LogP contribution < -0.4 is 15.9 Å². The van der Waals surface area contributed by atoms with E-state index in [1.807, 2.05) is 0 Å². The van der Waals surface area contributed by atoms with Crippen LogP contribution in [-0.2, 0) is 0 Å². The van der Waals surface area contributed by atoms with Gasteiger partial charge in [0, 0.05) is 4.47 Å². The lowest BCUT2D eigenvalue weighted by Gasteiger charge is -2.10. The number of amidine groups is 1. The summed E-state index contributed by atoms with van der Waals surface area (Å²) < 4.78 is 40.0. The number of nitriles is 1. The van der Waals surface area contributed by atoms with Crippen LogP contribution in [0.1, 0.15) is 0 Å². The van der Waals surface area contributed by atoms with Crippen molar-refractivity contribution in [2.45, 2.75) is 6.36 Å². The summed E-state index contributed by atoms with van der Waals surface area (Å²) in [4.78, 5) is 0. The van der Waals surface area contributed by atoms with Crippen molar-refractivity contribution in [1.82, 2.24) is 0 Å². The molecule has 0 fully saturated rings. The molecule has 0 heterocycles. The molecule has 0 aliphatic heterocycles. The van der Waals surface area contributed by atoms with Crippen molar-refractivity contribution in [2.24, 2.45) is 10.8 Å². The van der Waals surface area contributed by atoms with Gasteiger partial charge in [-0.05, 0) is 34.1 Å². The molecule has 0 aromatic heterocycles. The number of anilines is 1. The Balaban J connectivity index is 2.90. The van der Waals surface area contributed by atoms with Crippen LogP contribution in [0.15, 0.2) is 27.8 Å². The fraction of sp³-hybridized carbons (Fsp3) is 0.100. The molecule has 0 radical (unpaired) electrons. The minimum Gasteiger partial charge on any atom is -0.406 e. The zero-order chi connectivity index (χ0) is 15.3. The maximum Gasteiger partial charge on any atom is 0.573 e. The average molecular weight is 350 g/mol. The van der Waals surface area contributed by atoms with Gasteiger partial charge in [-0.25, -0.2) is 0 Å². The molecule has 6 nitrogen and oxygen atoms in total. The molecule has 0 aliphatic carbocycles. The number of hydrogen-bond donors (Lipinski definition) is 3. The first-order valence-electron chi connectivity index (χ1n) is 4.86. The van der Waals surface area contributed by atoms with E-state index >= 15 is 0 Å². The predicted molar refractivity (Wildman–Crippen MR) is 69.4 cm³/mol. The van der Waals surface area contributed by atoms with Gasteiger partial charge in [-0.1, -0.05) is 0 Å². The van der Waals surface area contributed by atoms with E-state index in [0.29, 0.717) is 0 Å². The van der Waals surface area contributed by atoms with E-state index in [4.69, 9.17) is 16.4 Å². The minimum absolute atomic E-state index is 0.226. The smallest absolute Gasteiger partial charge is 0.406 e. The van der Waals surface area contributed by atoms with Crippen molar-refractivity contribution in [3.8, 4) is 11.8 Å². The molecular formula is C10H7BrF3N5O. The van der Waals surface area contributed by atoms with Crippen molar-refractivity contribution >= 4 is 33.2 Å². The first kappa shape index (κ1) is 15.8. The summed E-state index contributed by atoms with van der Waals surface area (Å²) in [6.45, 7) is 0. The predicted octanol–water partition coefficient (Wildman–Crippen LogP) is 2.58. The van der Waals surface area contributed by atoms with Gasteiger partial charge in [-0.15, -0.1) is 13.2 Å². The van der Waals surface area contributed by atoms with E-state index in [1.165, 1.54) is 6.07 Å². The van der Waals surface area contributed by atoms with Crippen LogP contribution >= 0.6 is 15.9 Å². The summed E-state index contributed by atoms with van der Waals surface area (Å²) in [6.07, 6.45) is -4.78. The monoisotopic (exact) mass is 349 g/mol. The first-order chi connectivity index (χ1) is 9.23. The number of halogens is 4. The van der Waals surface area contributed by atoms with Crippen LogP contribution in [0.2, 0.25) is 0 Å². The van der Waals surface area contributed by atoms with Gasteiger partial charge >= 0.3 is 6.36 Å². The second-order valence-corrected chi connectivity index (χ2v) is 4.14. The van der Waals surface area contributed by atoms with Crippen molar-refractivity contribution in [1.29, 1.82) is 10.7 Å². The van der Waals surface area contributed by atoms with Crippen LogP contribution in [-0.4, -0.2) is 17.9 Å². The van der Waals surface area contributed by atoms with Gasteiger partial charge in [0.15, 0.2) is 5.84 Å². The molecule has 0 atom stereocenters. The first-order valence-corrected chi connectivity index (χ1v) is 5.65. The maximum atomic E-state index is 12.0. The molecule has 0 spiro atoms. The highest BCUT2D eigenvalue weighted by Crippen LogP contribution is 2.30. The molecule has 0 unspecified atom stereocenters. The maximum absolute atomic E-state index is 12.0. The molecule has 10 heteroatoms. The number of ether oxygens (including phenoxy) is 1. The molecule has 1 aromatic carbocycles. The van der Waals surface area contributed by atoms with E-state index < -0.39 is 17.9 Å². The van der Waals surface area contributed by atoms with Crippen LogP contribution in [0.25, 0.3) is 0 Å². The van der Waals surface area contributed by atoms with Crippen molar-refractivity contribution in [3.63, 3.8) is 0 Å². The van der Waals surface area contributed by atoms with E-state index in [9.17, 15) is 13.2 Å². The van der Waals surface area contributed by atoms with Gasteiger partial charge in [0.25, 0.3) is 0 Å². The zero-order valence-electron chi connectivity index (χ0n) is 9.62. The standard InChI is InChI=1S/C10H7BrF3N5O/c11-6-3-5(20-10(12,13)14)1-2-7(6)18-19-8(4-15)9(16)17/h1-3,18H,(H3,16,17)/b19-8+. The Bertz CT molecular complexity index is 594. The third-order valence-corrected chi connectivity index (χ3v) is 2.48. The Labute approximate surface area is 119 Å². The van der Waals surface area contributed by atoms with E-state index in [0.717, 1.165) is 12.1 Å². The molecule has 0 amide bonds. The number of nitrogens with one attached hydrogen (secondary N) is 2. The van der Waals surface area contributed by atoms with Crippen molar-refractivity contribution < 1.29 is 17.9 Å². The Kier molecular flexibility index (Phi) is 4.93. The molecule has 0 bridgehead atoms. The largest absolute Gasteiger partial charge is 0.573 e. The number of nitrogens with two attached hydrogens (primary N) is 1. The summed E-state index contributed by atoms with van der Waals surface area (Å²) in [6, 6.07) is 4.98. The molecule has 1 aromatic rings. The zero-order valence-corrected chi connectivity index (χ0v) is 11.2. The Morgan fingerprint density at radius 1 is 1.50 bits per heavy atom. The minimum atomic E-state index is -4.78. The normalized spacial score (nSPS) is 11.7. The summed E-state index contributed by atoms with van der Waals surface area (Å²) >= 11 is 3.02. The van der Waals surface area contributed by atoms with Crippen molar-refractivity contribution in [2.75, 3.05) is 5.43 Å². The van der Waals surface area contributed by atoms with E-state index in [-0.39, 0.29) is 15.9 Å². The van der Waals surface area contributed by atoms with Gasteiger partial charge in [-0.3, -0.25) is 10.8 Å². The van der Waals surface area contributed by atoms with Gasteiger partial charge < -0.3 is 10.5 Å².